The third-order valence-electron chi connectivity index (χ3n) is 3.23. The van der Waals surface area contributed by atoms with Crippen LogP contribution in [0.2, 0.25) is 0 Å². The number of carbonyl (C=O) groups is 1. The maximum atomic E-state index is 12.3. The largest absolute Gasteiger partial charge is 0.496 e. The number of ether oxygens (including phenoxy) is 2. The molecule has 2 rings (SSSR count). The number of nitrogens with zero attached hydrogens (tertiary/aromatic N) is 1. The van der Waals surface area contributed by atoms with Gasteiger partial charge < -0.3 is 14.8 Å². The molecule has 0 heterocycles. The van der Waals surface area contributed by atoms with Gasteiger partial charge in [-0.2, -0.15) is 5.26 Å². The van der Waals surface area contributed by atoms with E-state index in [9.17, 15) is 10.1 Å². The van der Waals surface area contributed by atoms with Gasteiger partial charge in [-0.3, -0.25) is 4.79 Å². The van der Waals surface area contributed by atoms with Gasteiger partial charge in [0, 0.05) is 11.3 Å². The molecule has 0 spiro atoms. The van der Waals surface area contributed by atoms with Crippen molar-refractivity contribution in [2.45, 2.75) is 6.92 Å². The lowest BCUT2D eigenvalue weighted by molar-refractivity contribution is -0.112. The highest BCUT2D eigenvalue weighted by Gasteiger charge is 2.11. The highest BCUT2D eigenvalue weighted by Crippen LogP contribution is 2.21. The molecule has 2 aromatic rings. The van der Waals surface area contributed by atoms with E-state index in [1.165, 1.54) is 6.08 Å². The molecule has 1 N–H and O–H groups in total. The second-order valence-corrected chi connectivity index (χ2v) is 4.82. The number of carbonyl (C=O) groups excluding carboxylic acids is 1. The Balaban J connectivity index is 2.17. The summed E-state index contributed by atoms with van der Waals surface area (Å²) in [6, 6.07) is 16.1. The molecule has 0 aliphatic heterocycles. The molecule has 2 aromatic carbocycles. The number of hydrogen-bond acceptors (Lipinski definition) is 4. The molecule has 0 radical (unpaired) electrons. The number of rotatable bonds is 6. The summed E-state index contributed by atoms with van der Waals surface area (Å²) in [7, 11) is 1.54. The normalized spacial score (nSPS) is 10.6. The predicted octanol–water partition coefficient (Wildman–Crippen LogP) is 3.64. The molecule has 5 heteroatoms. The minimum Gasteiger partial charge on any atom is -0.496 e. The van der Waals surface area contributed by atoms with E-state index in [1.807, 2.05) is 25.1 Å². The summed E-state index contributed by atoms with van der Waals surface area (Å²) in [4.78, 5) is 12.3. The number of hydrogen-bond donors (Lipinski definition) is 1. The topological polar surface area (TPSA) is 71.3 Å². The Bertz CT molecular complexity index is 774. The van der Waals surface area contributed by atoms with Crippen molar-refractivity contribution in [3.8, 4) is 17.6 Å². The second-order valence-electron chi connectivity index (χ2n) is 4.82. The van der Waals surface area contributed by atoms with Crippen molar-refractivity contribution in [3.05, 3.63) is 59.7 Å². The summed E-state index contributed by atoms with van der Waals surface area (Å²) in [5, 5.41) is 12.0. The average molecular weight is 322 g/mol. The number of nitrogens with one attached hydrogen (secondary N) is 1. The van der Waals surface area contributed by atoms with E-state index in [1.54, 1.807) is 43.5 Å². The zero-order valence-electron chi connectivity index (χ0n) is 13.6. The first kappa shape index (κ1) is 17.1. The average Bonchev–Trinajstić information content (AvgIpc) is 2.61. The van der Waals surface area contributed by atoms with Gasteiger partial charge in [0.15, 0.2) is 0 Å². The maximum Gasteiger partial charge on any atom is 0.266 e. The molecule has 24 heavy (non-hydrogen) atoms. The van der Waals surface area contributed by atoms with Crippen LogP contribution in [-0.2, 0) is 4.79 Å². The zero-order chi connectivity index (χ0) is 17.4. The van der Waals surface area contributed by atoms with Crippen LogP contribution in [-0.4, -0.2) is 19.6 Å². The van der Waals surface area contributed by atoms with Crippen LogP contribution in [0.3, 0.4) is 0 Å². The molecule has 0 aromatic heterocycles. The van der Waals surface area contributed by atoms with Gasteiger partial charge in [0.1, 0.15) is 23.1 Å². The lowest BCUT2D eigenvalue weighted by atomic mass is 10.1. The van der Waals surface area contributed by atoms with Crippen LogP contribution in [0.1, 0.15) is 12.5 Å². The van der Waals surface area contributed by atoms with Gasteiger partial charge in [0.25, 0.3) is 5.91 Å². The molecule has 0 saturated carbocycles. The Labute approximate surface area is 141 Å². The van der Waals surface area contributed by atoms with Crippen molar-refractivity contribution in [2.24, 2.45) is 0 Å². The van der Waals surface area contributed by atoms with E-state index in [2.05, 4.69) is 5.32 Å². The molecule has 0 aliphatic carbocycles. The summed E-state index contributed by atoms with van der Waals surface area (Å²) in [6.45, 7) is 2.48. The first-order valence-electron chi connectivity index (χ1n) is 7.47. The van der Waals surface area contributed by atoms with E-state index in [4.69, 9.17) is 9.47 Å². The summed E-state index contributed by atoms with van der Waals surface area (Å²) in [6.07, 6.45) is 1.50. The van der Waals surface area contributed by atoms with Crippen LogP contribution in [0.4, 0.5) is 5.69 Å². The number of benzene rings is 2. The smallest absolute Gasteiger partial charge is 0.266 e. The van der Waals surface area contributed by atoms with Crippen molar-refractivity contribution in [3.63, 3.8) is 0 Å². The Hall–Kier alpha value is -3.26. The monoisotopic (exact) mass is 322 g/mol. The number of nitriles is 1. The Morgan fingerprint density at radius 3 is 2.54 bits per heavy atom. The quantitative estimate of drug-likeness (QED) is 0.651. The van der Waals surface area contributed by atoms with Gasteiger partial charge in [-0.05, 0) is 43.3 Å². The number of anilines is 1. The first-order chi connectivity index (χ1) is 11.7. The molecular formula is C19H18N2O3. The Morgan fingerprint density at radius 2 is 1.92 bits per heavy atom. The summed E-state index contributed by atoms with van der Waals surface area (Å²) in [5.41, 5.74) is 1.25. The molecule has 5 nitrogen and oxygen atoms in total. The second kappa shape index (κ2) is 8.39. The number of amides is 1. The van der Waals surface area contributed by atoms with Crippen LogP contribution in [0.15, 0.2) is 54.1 Å². The molecule has 0 fully saturated rings. The van der Waals surface area contributed by atoms with E-state index < -0.39 is 5.91 Å². The summed E-state index contributed by atoms with van der Waals surface area (Å²) in [5.74, 6) is 0.840. The maximum absolute atomic E-state index is 12.3. The SMILES string of the molecule is CCOc1ccc(NC(=O)/C(C#N)=C\c2ccccc2OC)cc1. The lowest BCUT2D eigenvalue weighted by Gasteiger charge is -2.07. The fourth-order valence-electron chi connectivity index (χ4n) is 2.09. The Kier molecular flexibility index (Phi) is 5.98. The van der Waals surface area contributed by atoms with Crippen LogP contribution in [0.25, 0.3) is 6.08 Å². The fraction of sp³-hybridized carbons (Fsp3) is 0.158. The van der Waals surface area contributed by atoms with Crippen LogP contribution >= 0.6 is 0 Å². The minimum absolute atomic E-state index is 0.00613. The van der Waals surface area contributed by atoms with Gasteiger partial charge in [-0.25, -0.2) is 0 Å². The van der Waals surface area contributed by atoms with Crippen molar-refractivity contribution in [1.82, 2.24) is 0 Å². The zero-order valence-corrected chi connectivity index (χ0v) is 13.6. The summed E-state index contributed by atoms with van der Waals surface area (Å²) >= 11 is 0. The molecule has 122 valence electrons. The first-order valence-corrected chi connectivity index (χ1v) is 7.47. The van der Waals surface area contributed by atoms with Crippen LogP contribution in [0.5, 0.6) is 11.5 Å². The van der Waals surface area contributed by atoms with Gasteiger partial charge in [-0.15, -0.1) is 0 Å². The lowest BCUT2D eigenvalue weighted by Crippen LogP contribution is -2.13. The Morgan fingerprint density at radius 1 is 1.21 bits per heavy atom. The van der Waals surface area contributed by atoms with Crippen molar-refractivity contribution < 1.29 is 14.3 Å². The van der Waals surface area contributed by atoms with E-state index in [-0.39, 0.29) is 5.57 Å². The van der Waals surface area contributed by atoms with Crippen molar-refractivity contribution in [1.29, 1.82) is 5.26 Å². The van der Waals surface area contributed by atoms with E-state index >= 15 is 0 Å². The van der Waals surface area contributed by atoms with Crippen molar-refractivity contribution in [2.75, 3.05) is 19.0 Å². The molecule has 1 amide bonds. The van der Waals surface area contributed by atoms with Gasteiger partial charge in [-0.1, -0.05) is 18.2 Å². The highest BCUT2D eigenvalue weighted by atomic mass is 16.5. The van der Waals surface area contributed by atoms with Gasteiger partial charge in [0.05, 0.1) is 13.7 Å². The molecule has 0 saturated heterocycles. The molecule has 0 atom stereocenters. The van der Waals surface area contributed by atoms with Crippen molar-refractivity contribution >= 4 is 17.7 Å². The van der Waals surface area contributed by atoms with E-state index in [0.29, 0.717) is 23.6 Å². The van der Waals surface area contributed by atoms with Gasteiger partial charge in [0.2, 0.25) is 0 Å². The van der Waals surface area contributed by atoms with Gasteiger partial charge >= 0.3 is 0 Å². The van der Waals surface area contributed by atoms with Crippen LogP contribution in [0, 0.1) is 11.3 Å². The predicted molar refractivity (Wildman–Crippen MR) is 92.8 cm³/mol. The molecular weight excluding hydrogens is 304 g/mol. The van der Waals surface area contributed by atoms with E-state index in [0.717, 1.165) is 5.75 Å². The third kappa shape index (κ3) is 4.37. The number of methoxy groups -OCH3 is 1. The highest BCUT2D eigenvalue weighted by molar-refractivity contribution is 6.09. The standard InChI is InChI=1S/C19H18N2O3/c1-3-24-17-10-8-16(9-11-17)21-19(22)15(13-20)12-14-6-4-5-7-18(14)23-2/h4-12H,3H2,1-2H3,(H,21,22)/b15-12-. The number of para-hydroxylation sites is 1. The molecule has 0 aliphatic rings. The molecule has 0 bridgehead atoms. The summed E-state index contributed by atoms with van der Waals surface area (Å²) < 4.78 is 10.6. The fourth-order valence-corrected chi connectivity index (χ4v) is 2.09. The molecule has 0 unspecified atom stereocenters. The third-order valence-corrected chi connectivity index (χ3v) is 3.23. The van der Waals surface area contributed by atoms with Crippen LogP contribution < -0.4 is 14.8 Å². The minimum atomic E-state index is -0.479.